The minimum Gasteiger partial charge on any atom is -0.324 e. The summed E-state index contributed by atoms with van der Waals surface area (Å²) in [5.74, 6) is 0.964. The number of likely N-dealkylation sites (tertiary alicyclic amines) is 1. The number of nitrogens with one attached hydrogen (secondary N) is 1. The number of carbonyl (C=O) groups is 1. The van der Waals surface area contributed by atoms with Gasteiger partial charge in [0, 0.05) is 51.1 Å². The fraction of sp³-hybridized carbons (Fsp3) is 0.562. The number of aromatic nitrogens is 4. The zero-order valence-corrected chi connectivity index (χ0v) is 14.5. The number of urea groups is 1. The number of anilines is 1. The van der Waals surface area contributed by atoms with Gasteiger partial charge in [-0.15, -0.1) is 0 Å². The molecule has 1 atom stereocenters. The van der Waals surface area contributed by atoms with Crippen molar-refractivity contribution >= 4 is 11.8 Å². The number of carbonyl (C=O) groups excluding carboxylic acids is 1. The third-order valence-corrected chi connectivity index (χ3v) is 4.32. The number of nitrogens with zero attached hydrogens (tertiary/aromatic N) is 6. The van der Waals surface area contributed by atoms with Crippen LogP contribution in [-0.2, 0) is 13.6 Å². The van der Waals surface area contributed by atoms with E-state index in [1.807, 2.05) is 55.4 Å². The van der Waals surface area contributed by atoms with Crippen molar-refractivity contribution in [2.24, 2.45) is 7.05 Å². The van der Waals surface area contributed by atoms with Crippen LogP contribution in [0.2, 0.25) is 0 Å². The minimum absolute atomic E-state index is 0.0840. The van der Waals surface area contributed by atoms with E-state index >= 15 is 0 Å². The van der Waals surface area contributed by atoms with Crippen LogP contribution in [0.5, 0.6) is 0 Å². The first-order valence-corrected chi connectivity index (χ1v) is 8.24. The molecule has 3 rings (SSSR count). The van der Waals surface area contributed by atoms with Crippen LogP contribution in [0, 0.1) is 0 Å². The number of hydrogen-bond donors (Lipinski definition) is 1. The van der Waals surface area contributed by atoms with Crippen molar-refractivity contribution in [1.82, 2.24) is 29.4 Å². The van der Waals surface area contributed by atoms with E-state index in [0.717, 1.165) is 32.6 Å². The van der Waals surface area contributed by atoms with Crippen molar-refractivity contribution in [2.75, 3.05) is 39.0 Å². The number of hydrogen-bond acceptors (Lipinski definition) is 4. The molecule has 1 fully saturated rings. The van der Waals surface area contributed by atoms with Crippen molar-refractivity contribution in [3.05, 3.63) is 30.2 Å². The molecular weight excluding hydrogens is 306 g/mol. The Morgan fingerprint density at radius 3 is 3.00 bits per heavy atom. The quantitative estimate of drug-likeness (QED) is 0.894. The second kappa shape index (κ2) is 7.04. The highest BCUT2D eigenvalue weighted by atomic mass is 16.2. The lowest BCUT2D eigenvalue weighted by Gasteiger charge is -2.16. The van der Waals surface area contributed by atoms with Crippen molar-refractivity contribution < 1.29 is 4.79 Å². The van der Waals surface area contributed by atoms with E-state index in [2.05, 4.69) is 20.4 Å². The van der Waals surface area contributed by atoms with Gasteiger partial charge in [0.2, 0.25) is 0 Å². The zero-order chi connectivity index (χ0) is 17.1. The van der Waals surface area contributed by atoms with Gasteiger partial charge in [-0.1, -0.05) is 0 Å². The summed E-state index contributed by atoms with van der Waals surface area (Å²) in [6.45, 7) is 3.19. The minimum atomic E-state index is -0.0840. The summed E-state index contributed by atoms with van der Waals surface area (Å²) >= 11 is 0. The number of aryl methyl sites for hydroxylation is 1. The van der Waals surface area contributed by atoms with Gasteiger partial charge in [-0.2, -0.15) is 10.2 Å². The molecule has 2 aromatic rings. The van der Waals surface area contributed by atoms with Crippen molar-refractivity contribution in [2.45, 2.75) is 18.9 Å². The van der Waals surface area contributed by atoms with Gasteiger partial charge in [0.25, 0.3) is 0 Å². The number of amides is 2. The van der Waals surface area contributed by atoms with Gasteiger partial charge >= 0.3 is 6.03 Å². The van der Waals surface area contributed by atoms with Crippen LogP contribution in [0.1, 0.15) is 17.9 Å². The van der Waals surface area contributed by atoms with Crippen LogP contribution < -0.4 is 5.32 Å². The van der Waals surface area contributed by atoms with E-state index in [1.165, 1.54) is 5.56 Å². The lowest BCUT2D eigenvalue weighted by atomic mass is 10.0. The maximum Gasteiger partial charge on any atom is 0.323 e. The molecule has 0 aliphatic carbocycles. The summed E-state index contributed by atoms with van der Waals surface area (Å²) in [6.07, 6.45) is 6.77. The maximum atomic E-state index is 12.4. The average molecular weight is 331 g/mol. The van der Waals surface area contributed by atoms with E-state index in [1.54, 1.807) is 4.68 Å². The maximum absolute atomic E-state index is 12.4. The molecule has 1 unspecified atom stereocenters. The molecule has 8 heteroatoms. The highest BCUT2D eigenvalue weighted by Crippen LogP contribution is 2.27. The Bertz CT molecular complexity index is 690. The lowest BCUT2D eigenvalue weighted by molar-refractivity contribution is 0.222. The summed E-state index contributed by atoms with van der Waals surface area (Å²) < 4.78 is 3.65. The molecule has 2 aromatic heterocycles. The molecule has 1 aliphatic rings. The molecule has 0 aromatic carbocycles. The first-order chi connectivity index (χ1) is 11.5. The lowest BCUT2D eigenvalue weighted by Crippen LogP contribution is -2.33. The van der Waals surface area contributed by atoms with Crippen LogP contribution in [0.25, 0.3) is 0 Å². The zero-order valence-electron chi connectivity index (χ0n) is 14.5. The van der Waals surface area contributed by atoms with Gasteiger partial charge in [0.05, 0.1) is 12.7 Å². The number of rotatable bonds is 5. The molecule has 3 heterocycles. The summed E-state index contributed by atoms with van der Waals surface area (Å²) in [7, 11) is 5.96. The smallest absolute Gasteiger partial charge is 0.323 e. The molecule has 1 saturated heterocycles. The van der Waals surface area contributed by atoms with Gasteiger partial charge in [-0.05, 0) is 26.1 Å². The molecule has 1 aliphatic heterocycles. The Morgan fingerprint density at radius 2 is 2.29 bits per heavy atom. The van der Waals surface area contributed by atoms with E-state index < -0.39 is 0 Å². The summed E-state index contributed by atoms with van der Waals surface area (Å²) in [5, 5.41) is 11.5. The van der Waals surface area contributed by atoms with Gasteiger partial charge in [-0.25, -0.2) is 4.79 Å². The Hall–Kier alpha value is -2.35. The summed E-state index contributed by atoms with van der Waals surface area (Å²) in [5.41, 5.74) is 1.20. The van der Waals surface area contributed by atoms with Gasteiger partial charge in [-0.3, -0.25) is 14.7 Å². The Morgan fingerprint density at radius 1 is 1.46 bits per heavy atom. The second-order valence-corrected chi connectivity index (χ2v) is 6.58. The largest absolute Gasteiger partial charge is 0.324 e. The van der Waals surface area contributed by atoms with E-state index in [0.29, 0.717) is 11.7 Å². The molecule has 2 amide bonds. The van der Waals surface area contributed by atoms with E-state index in [4.69, 9.17) is 0 Å². The molecule has 130 valence electrons. The molecule has 0 saturated carbocycles. The monoisotopic (exact) mass is 331 g/mol. The third-order valence-electron chi connectivity index (χ3n) is 4.32. The predicted molar refractivity (Wildman–Crippen MR) is 91.9 cm³/mol. The molecular formula is C16H25N7O. The standard InChI is InChI=1S/C16H25N7O/c1-20(2)8-9-23-7-5-15(19-23)18-16(24)22-6-4-13(12-22)14-10-17-21(3)11-14/h5,7,10-11,13H,4,6,8-9,12H2,1-3H3,(H,18,19,24). The molecule has 0 bridgehead atoms. The van der Waals surface area contributed by atoms with Gasteiger partial charge in [0.15, 0.2) is 5.82 Å². The Balaban J connectivity index is 1.52. The molecule has 8 nitrogen and oxygen atoms in total. The van der Waals surface area contributed by atoms with Crippen LogP contribution in [0.3, 0.4) is 0 Å². The topological polar surface area (TPSA) is 71.2 Å². The average Bonchev–Trinajstić information content (AvgIpc) is 3.24. The fourth-order valence-electron chi connectivity index (χ4n) is 2.91. The normalized spacial score (nSPS) is 17.7. The summed E-state index contributed by atoms with van der Waals surface area (Å²) in [4.78, 5) is 16.4. The van der Waals surface area contributed by atoms with Crippen molar-refractivity contribution in [1.29, 1.82) is 0 Å². The number of likely N-dealkylation sites (N-methyl/N-ethyl adjacent to an activating group) is 1. The van der Waals surface area contributed by atoms with Gasteiger partial charge < -0.3 is 9.80 Å². The highest BCUT2D eigenvalue weighted by Gasteiger charge is 2.28. The van der Waals surface area contributed by atoms with Crippen molar-refractivity contribution in [3.63, 3.8) is 0 Å². The first kappa shape index (κ1) is 16.5. The molecule has 1 N–H and O–H groups in total. The molecule has 0 spiro atoms. The summed E-state index contributed by atoms with van der Waals surface area (Å²) in [6, 6.07) is 1.75. The molecule has 24 heavy (non-hydrogen) atoms. The first-order valence-electron chi connectivity index (χ1n) is 8.24. The Kier molecular flexibility index (Phi) is 4.84. The predicted octanol–water partition coefficient (Wildman–Crippen LogP) is 1.20. The van der Waals surface area contributed by atoms with Crippen LogP contribution in [0.4, 0.5) is 10.6 Å². The van der Waals surface area contributed by atoms with Crippen LogP contribution in [-0.4, -0.2) is 69.1 Å². The van der Waals surface area contributed by atoms with E-state index in [-0.39, 0.29) is 6.03 Å². The van der Waals surface area contributed by atoms with Crippen LogP contribution >= 0.6 is 0 Å². The third kappa shape index (κ3) is 3.94. The molecule has 0 radical (unpaired) electrons. The van der Waals surface area contributed by atoms with E-state index in [9.17, 15) is 4.79 Å². The van der Waals surface area contributed by atoms with Gasteiger partial charge in [0.1, 0.15) is 0 Å². The SMILES string of the molecule is CN(C)CCn1ccc(NC(=O)N2CCC(c3cnn(C)c3)C2)n1. The highest BCUT2D eigenvalue weighted by molar-refractivity contribution is 5.88. The fourth-order valence-corrected chi connectivity index (χ4v) is 2.91. The van der Waals surface area contributed by atoms with Crippen LogP contribution in [0.15, 0.2) is 24.7 Å². The second-order valence-electron chi connectivity index (χ2n) is 6.58. The Labute approximate surface area is 142 Å². The van der Waals surface area contributed by atoms with Crippen molar-refractivity contribution in [3.8, 4) is 0 Å².